The second-order valence-electron chi connectivity index (χ2n) is 8.21. The van der Waals surface area contributed by atoms with Gasteiger partial charge >= 0.3 is 0 Å². The minimum Gasteiger partial charge on any atom is -0.497 e. The number of carbonyl (C=O) groups is 1. The van der Waals surface area contributed by atoms with Crippen molar-refractivity contribution >= 4 is 5.91 Å². The van der Waals surface area contributed by atoms with Crippen LogP contribution in [0.15, 0.2) is 60.7 Å². The van der Waals surface area contributed by atoms with Gasteiger partial charge in [0.2, 0.25) is 0 Å². The summed E-state index contributed by atoms with van der Waals surface area (Å²) in [5, 5.41) is 3.03. The van der Waals surface area contributed by atoms with Crippen LogP contribution in [0.1, 0.15) is 33.1 Å². The summed E-state index contributed by atoms with van der Waals surface area (Å²) in [4.78, 5) is 15.1. The van der Waals surface area contributed by atoms with Crippen LogP contribution in [0.25, 0.3) is 0 Å². The highest BCUT2D eigenvalue weighted by atomic mass is 19.1. The van der Waals surface area contributed by atoms with Gasteiger partial charge in [-0.3, -0.25) is 9.69 Å². The van der Waals surface area contributed by atoms with E-state index in [9.17, 15) is 9.18 Å². The Morgan fingerprint density at radius 3 is 2.44 bits per heavy atom. The first-order valence-corrected chi connectivity index (χ1v) is 11.2. The molecule has 1 unspecified atom stereocenters. The number of hydrogen-bond donors (Lipinski definition) is 1. The predicted octanol–water partition coefficient (Wildman–Crippen LogP) is 4.38. The summed E-state index contributed by atoms with van der Waals surface area (Å²) in [5.41, 5.74) is 3.80. The summed E-state index contributed by atoms with van der Waals surface area (Å²) in [6.07, 6.45) is 0.849. The monoisotopic (exact) mass is 464 g/mol. The van der Waals surface area contributed by atoms with Crippen molar-refractivity contribution in [3.8, 4) is 17.2 Å². The molecule has 0 saturated carbocycles. The Morgan fingerprint density at radius 2 is 1.74 bits per heavy atom. The molecule has 1 amide bonds. The van der Waals surface area contributed by atoms with Crippen molar-refractivity contribution in [1.29, 1.82) is 0 Å². The number of benzene rings is 3. The molecule has 34 heavy (non-hydrogen) atoms. The van der Waals surface area contributed by atoms with Gasteiger partial charge in [-0.25, -0.2) is 4.39 Å². The maximum Gasteiger partial charge on any atom is 0.251 e. The highest BCUT2D eigenvalue weighted by Gasteiger charge is 2.29. The fourth-order valence-electron chi connectivity index (χ4n) is 4.41. The Bertz CT molecular complexity index is 1150. The van der Waals surface area contributed by atoms with E-state index in [0.717, 1.165) is 29.8 Å². The van der Waals surface area contributed by atoms with Crippen LogP contribution >= 0.6 is 0 Å². The average molecular weight is 465 g/mol. The molecular weight excluding hydrogens is 435 g/mol. The normalized spacial score (nSPS) is 15.4. The van der Waals surface area contributed by atoms with Gasteiger partial charge in [0.1, 0.15) is 11.6 Å². The lowest BCUT2D eigenvalue weighted by Gasteiger charge is -2.38. The van der Waals surface area contributed by atoms with Crippen molar-refractivity contribution in [3.63, 3.8) is 0 Å². The fraction of sp³-hybridized carbons (Fsp3) is 0.296. The van der Waals surface area contributed by atoms with E-state index >= 15 is 0 Å². The number of ether oxygens (including phenoxy) is 3. The van der Waals surface area contributed by atoms with Crippen LogP contribution in [0.4, 0.5) is 4.39 Å². The molecule has 1 N–H and O–H groups in total. The van der Waals surface area contributed by atoms with E-state index in [4.69, 9.17) is 14.2 Å². The number of amides is 1. The first-order chi connectivity index (χ1) is 16.5. The number of halogens is 1. The molecule has 3 aromatic rings. The SMILES string of the molecule is COc1cccc(CN2CCc3cc(OC)c(OC)cc3C2CNC(=O)c2ccc(F)cc2)c1. The summed E-state index contributed by atoms with van der Waals surface area (Å²) >= 11 is 0. The largest absolute Gasteiger partial charge is 0.497 e. The van der Waals surface area contributed by atoms with Gasteiger partial charge in [0.15, 0.2) is 11.5 Å². The van der Waals surface area contributed by atoms with Crippen molar-refractivity contribution in [2.75, 3.05) is 34.4 Å². The quantitative estimate of drug-likeness (QED) is 0.536. The van der Waals surface area contributed by atoms with Crippen molar-refractivity contribution in [1.82, 2.24) is 10.2 Å². The molecule has 0 spiro atoms. The van der Waals surface area contributed by atoms with Crippen LogP contribution in [0.3, 0.4) is 0 Å². The zero-order chi connectivity index (χ0) is 24.1. The second-order valence-corrected chi connectivity index (χ2v) is 8.21. The van der Waals surface area contributed by atoms with Crippen LogP contribution in [-0.2, 0) is 13.0 Å². The average Bonchev–Trinajstić information content (AvgIpc) is 2.87. The zero-order valence-corrected chi connectivity index (χ0v) is 19.6. The standard InChI is InChI=1S/C27H29FN2O4/c1-32-22-6-4-5-18(13-22)17-30-12-11-20-14-25(33-2)26(34-3)15-23(20)24(30)16-29-27(31)19-7-9-21(28)10-8-19/h4-10,13-15,24H,11-12,16-17H2,1-3H3,(H,29,31). The third-order valence-electron chi connectivity index (χ3n) is 6.20. The molecule has 0 aromatic heterocycles. The Kier molecular flexibility index (Phi) is 7.33. The van der Waals surface area contributed by atoms with Gasteiger partial charge in [-0.1, -0.05) is 12.1 Å². The third-order valence-corrected chi connectivity index (χ3v) is 6.20. The van der Waals surface area contributed by atoms with Gasteiger partial charge in [0.25, 0.3) is 5.91 Å². The molecule has 1 atom stereocenters. The van der Waals surface area contributed by atoms with Crippen LogP contribution < -0.4 is 19.5 Å². The topological polar surface area (TPSA) is 60.0 Å². The molecule has 7 heteroatoms. The molecule has 0 radical (unpaired) electrons. The maximum atomic E-state index is 13.3. The number of nitrogens with one attached hydrogen (secondary N) is 1. The van der Waals surface area contributed by atoms with E-state index in [2.05, 4.69) is 16.3 Å². The predicted molar refractivity (Wildman–Crippen MR) is 128 cm³/mol. The smallest absolute Gasteiger partial charge is 0.251 e. The molecule has 4 rings (SSSR count). The first-order valence-electron chi connectivity index (χ1n) is 11.2. The van der Waals surface area contributed by atoms with E-state index < -0.39 is 0 Å². The van der Waals surface area contributed by atoms with Gasteiger partial charge in [-0.15, -0.1) is 0 Å². The summed E-state index contributed by atoms with van der Waals surface area (Å²) in [6, 6.07) is 17.5. The van der Waals surface area contributed by atoms with Crippen molar-refractivity contribution in [3.05, 3.63) is 88.7 Å². The summed E-state index contributed by atoms with van der Waals surface area (Å²) in [5.74, 6) is 1.54. The summed E-state index contributed by atoms with van der Waals surface area (Å²) in [7, 11) is 4.90. The molecule has 0 saturated heterocycles. The highest BCUT2D eigenvalue weighted by molar-refractivity contribution is 5.94. The van der Waals surface area contributed by atoms with Gasteiger partial charge in [0.05, 0.1) is 27.4 Å². The van der Waals surface area contributed by atoms with Crippen LogP contribution in [0.5, 0.6) is 17.2 Å². The van der Waals surface area contributed by atoms with E-state index in [1.807, 2.05) is 30.3 Å². The van der Waals surface area contributed by atoms with E-state index in [0.29, 0.717) is 30.2 Å². The summed E-state index contributed by atoms with van der Waals surface area (Å²) < 4.78 is 29.7. The zero-order valence-electron chi connectivity index (χ0n) is 19.6. The minimum absolute atomic E-state index is 0.0841. The minimum atomic E-state index is -0.372. The van der Waals surface area contributed by atoms with Crippen molar-refractivity contribution < 1.29 is 23.4 Å². The van der Waals surface area contributed by atoms with Crippen LogP contribution in [0, 0.1) is 5.82 Å². The van der Waals surface area contributed by atoms with Gasteiger partial charge in [0, 0.05) is 25.2 Å². The molecule has 6 nitrogen and oxygen atoms in total. The number of hydrogen-bond acceptors (Lipinski definition) is 5. The Balaban J connectivity index is 1.62. The lowest BCUT2D eigenvalue weighted by Crippen LogP contribution is -2.41. The molecule has 0 fully saturated rings. The summed E-state index contributed by atoms with van der Waals surface area (Å²) in [6.45, 7) is 1.90. The molecule has 1 aliphatic heterocycles. The number of fused-ring (bicyclic) bond motifs is 1. The number of carbonyl (C=O) groups excluding carboxylic acids is 1. The number of rotatable bonds is 8. The first kappa shape index (κ1) is 23.6. The fourth-order valence-corrected chi connectivity index (χ4v) is 4.41. The number of methoxy groups -OCH3 is 3. The Morgan fingerprint density at radius 1 is 1.00 bits per heavy atom. The van der Waals surface area contributed by atoms with Gasteiger partial charge < -0.3 is 19.5 Å². The lowest BCUT2D eigenvalue weighted by atomic mass is 9.91. The molecule has 3 aromatic carbocycles. The molecule has 0 aliphatic carbocycles. The van der Waals surface area contributed by atoms with Crippen molar-refractivity contribution in [2.24, 2.45) is 0 Å². The maximum absolute atomic E-state index is 13.3. The molecule has 1 heterocycles. The second kappa shape index (κ2) is 10.6. The lowest BCUT2D eigenvalue weighted by molar-refractivity contribution is 0.0925. The molecule has 0 bridgehead atoms. The number of nitrogens with zero attached hydrogens (tertiary/aromatic N) is 1. The Labute approximate surface area is 199 Å². The van der Waals surface area contributed by atoms with Crippen LogP contribution in [-0.4, -0.2) is 45.2 Å². The molecule has 178 valence electrons. The van der Waals surface area contributed by atoms with E-state index in [-0.39, 0.29) is 17.8 Å². The van der Waals surface area contributed by atoms with Gasteiger partial charge in [-0.2, -0.15) is 0 Å². The van der Waals surface area contributed by atoms with Gasteiger partial charge in [-0.05, 0) is 71.6 Å². The molecule has 1 aliphatic rings. The van der Waals surface area contributed by atoms with E-state index in [1.54, 1.807) is 21.3 Å². The Hall–Kier alpha value is -3.58. The molecular formula is C27H29FN2O4. The highest BCUT2D eigenvalue weighted by Crippen LogP contribution is 2.38. The third kappa shape index (κ3) is 5.15. The van der Waals surface area contributed by atoms with Crippen molar-refractivity contribution in [2.45, 2.75) is 19.0 Å². The van der Waals surface area contributed by atoms with Crippen LogP contribution in [0.2, 0.25) is 0 Å². The van der Waals surface area contributed by atoms with E-state index in [1.165, 1.54) is 29.8 Å².